The minimum atomic E-state index is -1.07. The van der Waals surface area contributed by atoms with Crippen LogP contribution in [0.1, 0.15) is 44.4 Å². The monoisotopic (exact) mass is 354 g/mol. The van der Waals surface area contributed by atoms with Crippen LogP contribution < -0.4 is 10.2 Å². The molecule has 0 aliphatic carbocycles. The van der Waals surface area contributed by atoms with Crippen LogP contribution in [0.2, 0.25) is 0 Å². The summed E-state index contributed by atoms with van der Waals surface area (Å²) in [5.41, 5.74) is 1.93. The molecule has 2 aromatic rings. The van der Waals surface area contributed by atoms with E-state index in [4.69, 9.17) is 14.1 Å². The van der Waals surface area contributed by atoms with Crippen molar-refractivity contribution in [2.24, 2.45) is 0 Å². The van der Waals surface area contributed by atoms with Crippen molar-refractivity contribution < 1.29 is 23.9 Å². The van der Waals surface area contributed by atoms with Crippen LogP contribution in [-0.4, -0.2) is 23.7 Å². The maximum absolute atomic E-state index is 12.0. The Labute approximate surface area is 154 Å². The van der Waals surface area contributed by atoms with Crippen LogP contribution in [0.3, 0.4) is 0 Å². The number of hydrogen-bond donors (Lipinski definition) is 1. The molecule has 1 aliphatic heterocycles. The molecule has 0 fully saturated rings. The van der Waals surface area contributed by atoms with Crippen LogP contribution in [0, 0.1) is 0 Å². The Morgan fingerprint density at radius 2 is 1.92 bits per heavy atom. The van der Waals surface area contributed by atoms with E-state index in [9.17, 15) is 9.82 Å². The number of hydrogen-bond acceptors (Lipinski definition) is 5. The number of benzene rings is 2. The molecular formula is C20H23BO5. The molecule has 136 valence electrons. The second kappa shape index (κ2) is 7.52. The summed E-state index contributed by atoms with van der Waals surface area (Å²) in [5.74, 6) is 0.292. The van der Waals surface area contributed by atoms with Gasteiger partial charge >= 0.3 is 13.1 Å². The Balaban J connectivity index is 1.67. The van der Waals surface area contributed by atoms with Gasteiger partial charge in [0.05, 0.1) is 12.5 Å². The predicted octanol–water partition coefficient (Wildman–Crippen LogP) is 2.76. The molecule has 6 heteroatoms. The smallest absolute Gasteiger partial charge is 0.489 e. The highest BCUT2D eigenvalue weighted by Gasteiger charge is 2.37. The molecule has 3 rings (SSSR count). The summed E-state index contributed by atoms with van der Waals surface area (Å²) in [5, 5.41) is 10.2. The fraction of sp³-hybridized carbons (Fsp3) is 0.350. The molecule has 0 amide bonds. The molecule has 1 unspecified atom stereocenters. The van der Waals surface area contributed by atoms with Crippen molar-refractivity contribution in [3.63, 3.8) is 0 Å². The van der Waals surface area contributed by atoms with Crippen molar-refractivity contribution in [2.75, 3.05) is 0 Å². The van der Waals surface area contributed by atoms with E-state index >= 15 is 0 Å². The molecule has 0 saturated heterocycles. The van der Waals surface area contributed by atoms with Gasteiger partial charge in [-0.1, -0.05) is 36.4 Å². The van der Waals surface area contributed by atoms with Gasteiger partial charge in [-0.15, -0.1) is 0 Å². The summed E-state index contributed by atoms with van der Waals surface area (Å²) in [6.07, 6.45) is -0.455. The first-order chi connectivity index (χ1) is 12.3. The second-order valence-corrected chi connectivity index (χ2v) is 7.33. The van der Waals surface area contributed by atoms with Crippen LogP contribution in [0.25, 0.3) is 0 Å². The largest absolute Gasteiger partial charge is 0.492 e. The molecule has 1 N–H and O–H groups in total. The van der Waals surface area contributed by atoms with Crippen molar-refractivity contribution >= 4 is 18.6 Å². The summed E-state index contributed by atoms with van der Waals surface area (Å²) >= 11 is 0. The van der Waals surface area contributed by atoms with E-state index in [0.717, 1.165) is 11.1 Å². The third-order valence-electron chi connectivity index (χ3n) is 3.98. The summed E-state index contributed by atoms with van der Waals surface area (Å²) in [6.45, 7) is 5.90. The molecule has 0 spiro atoms. The van der Waals surface area contributed by atoms with Gasteiger partial charge < -0.3 is 19.2 Å². The molecule has 0 saturated carbocycles. The van der Waals surface area contributed by atoms with Gasteiger partial charge in [-0.05, 0) is 49.5 Å². The maximum Gasteiger partial charge on any atom is 0.492 e. The van der Waals surface area contributed by atoms with Gasteiger partial charge in [0.15, 0.2) is 0 Å². The number of ether oxygens (including phenoxy) is 2. The lowest BCUT2D eigenvalue weighted by atomic mass is 9.79. The number of rotatable bonds is 5. The summed E-state index contributed by atoms with van der Waals surface area (Å²) in [7, 11) is -1.07. The third-order valence-corrected chi connectivity index (χ3v) is 3.98. The van der Waals surface area contributed by atoms with Gasteiger partial charge in [0.25, 0.3) is 0 Å². The van der Waals surface area contributed by atoms with E-state index in [2.05, 4.69) is 0 Å². The lowest BCUT2D eigenvalue weighted by Crippen LogP contribution is -2.28. The van der Waals surface area contributed by atoms with Gasteiger partial charge in [0.1, 0.15) is 18.0 Å². The number of carbonyl (C=O) groups excluding carboxylic acids is 1. The molecule has 0 bridgehead atoms. The average molecular weight is 354 g/mol. The van der Waals surface area contributed by atoms with Gasteiger partial charge in [-0.25, -0.2) is 0 Å². The Bertz CT molecular complexity index is 770. The van der Waals surface area contributed by atoms with Crippen molar-refractivity contribution in [3.05, 3.63) is 59.7 Å². The minimum absolute atomic E-state index is 0.0611. The summed E-state index contributed by atoms with van der Waals surface area (Å²) in [6, 6.07) is 15.3. The van der Waals surface area contributed by atoms with Gasteiger partial charge in [0.2, 0.25) is 0 Å². The fourth-order valence-corrected chi connectivity index (χ4v) is 2.89. The van der Waals surface area contributed by atoms with E-state index in [1.165, 1.54) is 0 Å². The van der Waals surface area contributed by atoms with Crippen molar-refractivity contribution in [2.45, 2.75) is 45.5 Å². The standard InChI is InChI=1S/C20H23BO5/c1-20(2,3)25-19(22)12-18-16-10-9-15(11-17(16)21(23)26-18)24-13-14-7-5-4-6-8-14/h4-11,18,23H,12-13H2,1-3H3. The van der Waals surface area contributed by atoms with E-state index in [1.807, 2.05) is 63.2 Å². The van der Waals surface area contributed by atoms with Crippen molar-refractivity contribution in [3.8, 4) is 5.75 Å². The van der Waals surface area contributed by atoms with E-state index in [-0.39, 0.29) is 12.4 Å². The first-order valence-corrected chi connectivity index (χ1v) is 8.68. The highest BCUT2D eigenvalue weighted by atomic mass is 16.6. The number of esters is 1. The lowest BCUT2D eigenvalue weighted by Gasteiger charge is -2.21. The molecule has 1 heterocycles. The van der Waals surface area contributed by atoms with Crippen molar-refractivity contribution in [1.82, 2.24) is 0 Å². The van der Waals surface area contributed by atoms with Gasteiger partial charge in [-0.3, -0.25) is 4.79 Å². The Morgan fingerprint density at radius 3 is 2.62 bits per heavy atom. The molecule has 26 heavy (non-hydrogen) atoms. The highest BCUT2D eigenvalue weighted by molar-refractivity contribution is 6.61. The number of carbonyl (C=O) groups is 1. The summed E-state index contributed by atoms with van der Waals surface area (Å²) in [4.78, 5) is 12.0. The van der Waals surface area contributed by atoms with E-state index in [0.29, 0.717) is 17.8 Å². The Morgan fingerprint density at radius 1 is 1.19 bits per heavy atom. The predicted molar refractivity (Wildman–Crippen MR) is 99.1 cm³/mol. The lowest BCUT2D eigenvalue weighted by molar-refractivity contribution is -0.156. The van der Waals surface area contributed by atoms with Crippen LogP contribution in [0.4, 0.5) is 0 Å². The average Bonchev–Trinajstić information content (AvgIpc) is 2.87. The zero-order valence-electron chi connectivity index (χ0n) is 15.3. The minimum Gasteiger partial charge on any atom is -0.489 e. The third kappa shape index (κ3) is 4.65. The van der Waals surface area contributed by atoms with Crippen molar-refractivity contribution in [1.29, 1.82) is 0 Å². The zero-order chi connectivity index (χ0) is 18.7. The zero-order valence-corrected chi connectivity index (χ0v) is 15.3. The SMILES string of the molecule is CC(C)(C)OC(=O)CC1OB(O)c2cc(OCc3ccccc3)ccc21. The molecular weight excluding hydrogens is 331 g/mol. The van der Waals surface area contributed by atoms with E-state index < -0.39 is 18.8 Å². The Kier molecular flexibility index (Phi) is 5.34. The quantitative estimate of drug-likeness (QED) is 0.661. The molecule has 0 aromatic heterocycles. The fourth-order valence-electron chi connectivity index (χ4n) is 2.89. The molecule has 2 aromatic carbocycles. The highest BCUT2D eigenvalue weighted by Crippen LogP contribution is 2.29. The molecule has 1 atom stereocenters. The summed E-state index contributed by atoms with van der Waals surface area (Å²) < 4.78 is 16.7. The van der Waals surface area contributed by atoms with Crippen LogP contribution >= 0.6 is 0 Å². The first-order valence-electron chi connectivity index (χ1n) is 8.68. The molecule has 0 radical (unpaired) electrons. The van der Waals surface area contributed by atoms with Gasteiger partial charge in [0, 0.05) is 0 Å². The maximum atomic E-state index is 12.0. The Hall–Kier alpha value is -2.31. The van der Waals surface area contributed by atoms with Crippen LogP contribution in [0.15, 0.2) is 48.5 Å². The van der Waals surface area contributed by atoms with E-state index in [1.54, 1.807) is 6.07 Å². The first kappa shape index (κ1) is 18.5. The second-order valence-electron chi connectivity index (χ2n) is 7.33. The topological polar surface area (TPSA) is 65.0 Å². The number of fused-ring (bicyclic) bond motifs is 1. The molecule has 5 nitrogen and oxygen atoms in total. The van der Waals surface area contributed by atoms with Gasteiger partial charge in [-0.2, -0.15) is 0 Å². The molecule has 1 aliphatic rings. The van der Waals surface area contributed by atoms with Crippen LogP contribution in [0.5, 0.6) is 5.75 Å². The van der Waals surface area contributed by atoms with Crippen LogP contribution in [-0.2, 0) is 20.8 Å². The normalized spacial score (nSPS) is 16.3.